The van der Waals surface area contributed by atoms with Crippen LogP contribution in [-0.2, 0) is 0 Å². The van der Waals surface area contributed by atoms with Gasteiger partial charge in [0, 0.05) is 31.5 Å². The van der Waals surface area contributed by atoms with Gasteiger partial charge in [0.25, 0.3) is 5.91 Å². The molecule has 0 radical (unpaired) electrons. The van der Waals surface area contributed by atoms with E-state index in [1.165, 1.54) is 11.2 Å². The zero-order valence-electron chi connectivity index (χ0n) is 18.2. The molecule has 0 fully saturated rings. The number of rotatable bonds is 8. The van der Waals surface area contributed by atoms with Crippen LogP contribution >= 0.6 is 0 Å². The van der Waals surface area contributed by atoms with Crippen LogP contribution in [0.4, 0.5) is 17.5 Å². The number of carbonyl (C=O) groups excluding carboxylic acids is 1. The molecular formula is C23H24N8O2. The Morgan fingerprint density at radius 1 is 1.09 bits per heavy atom. The molecule has 2 aromatic carbocycles. The van der Waals surface area contributed by atoms with Gasteiger partial charge in [-0.25, -0.2) is 9.97 Å². The van der Waals surface area contributed by atoms with Crippen LogP contribution in [0.5, 0.6) is 0 Å². The molecule has 0 spiro atoms. The van der Waals surface area contributed by atoms with E-state index in [9.17, 15) is 9.90 Å². The van der Waals surface area contributed by atoms with Gasteiger partial charge in [-0.2, -0.15) is 10.1 Å². The first-order valence-corrected chi connectivity index (χ1v) is 10.3. The van der Waals surface area contributed by atoms with E-state index in [4.69, 9.17) is 0 Å². The molecule has 168 valence electrons. The quantitative estimate of drug-likeness (QED) is 0.326. The average molecular weight is 444 g/mol. The fraction of sp³-hybridized carbons (Fsp3) is 0.174. The molecule has 0 aliphatic heterocycles. The van der Waals surface area contributed by atoms with E-state index in [1.54, 1.807) is 44.6 Å². The van der Waals surface area contributed by atoms with Crippen LogP contribution in [0.3, 0.4) is 0 Å². The molecule has 4 rings (SSSR count). The minimum atomic E-state index is -0.382. The highest BCUT2D eigenvalue weighted by Gasteiger charge is 2.17. The van der Waals surface area contributed by atoms with Crippen LogP contribution in [-0.4, -0.2) is 61.8 Å². The van der Waals surface area contributed by atoms with Crippen molar-refractivity contribution in [2.45, 2.75) is 6.04 Å². The number of aliphatic hydroxyl groups is 1. The Hall–Kier alpha value is -4.31. The zero-order chi connectivity index (χ0) is 23.2. The Morgan fingerprint density at radius 2 is 1.85 bits per heavy atom. The van der Waals surface area contributed by atoms with Gasteiger partial charge >= 0.3 is 0 Å². The molecule has 0 unspecified atom stereocenters. The number of amides is 1. The highest BCUT2D eigenvalue weighted by atomic mass is 16.3. The van der Waals surface area contributed by atoms with Gasteiger partial charge in [0.05, 0.1) is 18.2 Å². The largest absolute Gasteiger partial charge is 0.394 e. The number of carbonyl (C=O) groups is 1. The second-order valence-corrected chi connectivity index (χ2v) is 7.48. The first kappa shape index (κ1) is 21.9. The molecule has 33 heavy (non-hydrogen) atoms. The van der Waals surface area contributed by atoms with Gasteiger partial charge in [0.1, 0.15) is 12.1 Å². The summed E-state index contributed by atoms with van der Waals surface area (Å²) >= 11 is 0. The molecule has 0 aliphatic carbocycles. The Kier molecular flexibility index (Phi) is 6.56. The Morgan fingerprint density at radius 3 is 2.48 bits per heavy atom. The summed E-state index contributed by atoms with van der Waals surface area (Å²) in [6.07, 6.45) is 3.03. The van der Waals surface area contributed by atoms with Crippen molar-refractivity contribution in [1.82, 2.24) is 30.0 Å². The highest BCUT2D eigenvalue weighted by Crippen LogP contribution is 2.28. The Bertz CT molecular complexity index is 1200. The molecule has 10 heteroatoms. The van der Waals surface area contributed by atoms with Gasteiger partial charge < -0.3 is 20.6 Å². The minimum absolute atomic E-state index is 0.0725. The monoisotopic (exact) mass is 444 g/mol. The zero-order valence-corrected chi connectivity index (χ0v) is 18.2. The average Bonchev–Trinajstić information content (AvgIpc) is 3.38. The molecule has 2 aromatic heterocycles. The standard InChI is InChI=1S/C23H24N8O2/c1-31(2)22(33)16-8-10-17(11-9-16)27-23-24-12-18(20-25-14-26-30-20)21(29-23)28-19(13-32)15-6-4-3-5-7-15/h3-12,14,19,32H,13H2,1-2H3,(H,25,26,30)(H2,24,27,28,29)/t19-/m1/s1. The van der Waals surface area contributed by atoms with E-state index in [2.05, 4.69) is 35.8 Å². The predicted molar refractivity (Wildman–Crippen MR) is 125 cm³/mol. The lowest BCUT2D eigenvalue weighted by molar-refractivity contribution is 0.0827. The van der Waals surface area contributed by atoms with Crippen molar-refractivity contribution in [2.75, 3.05) is 31.3 Å². The number of hydrogen-bond acceptors (Lipinski definition) is 8. The lowest BCUT2D eigenvalue weighted by atomic mass is 10.1. The summed E-state index contributed by atoms with van der Waals surface area (Å²) in [6, 6.07) is 16.3. The lowest BCUT2D eigenvalue weighted by Crippen LogP contribution is -2.21. The summed E-state index contributed by atoms with van der Waals surface area (Å²) in [5, 5.41) is 23.1. The van der Waals surface area contributed by atoms with Crippen LogP contribution < -0.4 is 10.6 Å². The second-order valence-electron chi connectivity index (χ2n) is 7.48. The summed E-state index contributed by atoms with van der Waals surface area (Å²) in [5.74, 6) is 1.25. The van der Waals surface area contributed by atoms with E-state index in [0.717, 1.165) is 11.3 Å². The van der Waals surface area contributed by atoms with Crippen molar-refractivity contribution in [3.05, 3.63) is 78.2 Å². The number of aromatic amines is 1. The molecule has 2 heterocycles. The van der Waals surface area contributed by atoms with Gasteiger partial charge in [-0.05, 0) is 29.8 Å². The first-order chi connectivity index (χ1) is 16.0. The number of anilines is 3. The third-order valence-electron chi connectivity index (χ3n) is 4.95. The third kappa shape index (κ3) is 5.13. The molecule has 0 bridgehead atoms. The maximum Gasteiger partial charge on any atom is 0.253 e. The van der Waals surface area contributed by atoms with Gasteiger partial charge in [-0.15, -0.1) is 0 Å². The van der Waals surface area contributed by atoms with Crippen molar-refractivity contribution < 1.29 is 9.90 Å². The molecule has 4 aromatic rings. The fourth-order valence-electron chi connectivity index (χ4n) is 3.23. The van der Waals surface area contributed by atoms with Crippen molar-refractivity contribution in [3.63, 3.8) is 0 Å². The van der Waals surface area contributed by atoms with Crippen LogP contribution in [0.2, 0.25) is 0 Å². The molecule has 10 nitrogen and oxygen atoms in total. The number of aliphatic hydroxyl groups excluding tert-OH is 1. The number of hydrogen-bond donors (Lipinski definition) is 4. The van der Waals surface area contributed by atoms with Gasteiger partial charge in [-0.1, -0.05) is 30.3 Å². The van der Waals surface area contributed by atoms with E-state index < -0.39 is 0 Å². The van der Waals surface area contributed by atoms with E-state index in [-0.39, 0.29) is 18.6 Å². The summed E-state index contributed by atoms with van der Waals surface area (Å²) in [4.78, 5) is 26.8. The summed E-state index contributed by atoms with van der Waals surface area (Å²) in [6.45, 7) is -0.131. The van der Waals surface area contributed by atoms with Crippen LogP contribution in [0.1, 0.15) is 22.0 Å². The van der Waals surface area contributed by atoms with Crippen LogP contribution in [0, 0.1) is 0 Å². The number of nitrogens with zero attached hydrogens (tertiary/aromatic N) is 5. The summed E-state index contributed by atoms with van der Waals surface area (Å²) in [5.41, 5.74) is 2.84. The topological polar surface area (TPSA) is 132 Å². The normalized spacial score (nSPS) is 11.6. The molecule has 0 saturated carbocycles. The summed E-state index contributed by atoms with van der Waals surface area (Å²) < 4.78 is 0. The minimum Gasteiger partial charge on any atom is -0.394 e. The van der Waals surface area contributed by atoms with Gasteiger partial charge in [0.15, 0.2) is 5.82 Å². The number of aromatic nitrogens is 5. The molecule has 1 amide bonds. The number of nitrogens with one attached hydrogen (secondary N) is 3. The Labute approximate surface area is 190 Å². The van der Waals surface area contributed by atoms with E-state index in [1.807, 2.05) is 30.3 Å². The summed E-state index contributed by atoms with van der Waals surface area (Å²) in [7, 11) is 3.42. The third-order valence-corrected chi connectivity index (χ3v) is 4.95. The van der Waals surface area contributed by atoms with Crippen LogP contribution in [0.15, 0.2) is 67.1 Å². The van der Waals surface area contributed by atoms with Gasteiger partial charge in [-0.3, -0.25) is 9.89 Å². The highest BCUT2D eigenvalue weighted by molar-refractivity contribution is 5.94. The van der Waals surface area contributed by atoms with E-state index in [0.29, 0.717) is 28.7 Å². The van der Waals surface area contributed by atoms with Crippen molar-refractivity contribution in [1.29, 1.82) is 0 Å². The maximum atomic E-state index is 12.1. The van der Waals surface area contributed by atoms with Crippen molar-refractivity contribution in [2.24, 2.45) is 0 Å². The number of H-pyrrole nitrogens is 1. The van der Waals surface area contributed by atoms with Gasteiger partial charge in [0.2, 0.25) is 5.95 Å². The molecule has 0 aliphatic rings. The smallest absolute Gasteiger partial charge is 0.253 e. The fourth-order valence-corrected chi connectivity index (χ4v) is 3.23. The lowest BCUT2D eigenvalue weighted by Gasteiger charge is -2.19. The van der Waals surface area contributed by atoms with Crippen LogP contribution in [0.25, 0.3) is 11.4 Å². The number of benzene rings is 2. The second kappa shape index (κ2) is 9.88. The van der Waals surface area contributed by atoms with Crippen molar-refractivity contribution in [3.8, 4) is 11.4 Å². The Balaban J connectivity index is 1.62. The maximum absolute atomic E-state index is 12.1. The molecule has 1 atom stereocenters. The first-order valence-electron chi connectivity index (χ1n) is 10.3. The molecule has 0 saturated heterocycles. The molecule has 4 N–H and O–H groups in total. The van der Waals surface area contributed by atoms with E-state index >= 15 is 0 Å². The van der Waals surface area contributed by atoms with Crippen molar-refractivity contribution >= 4 is 23.4 Å². The predicted octanol–water partition coefficient (Wildman–Crippen LogP) is 2.85. The SMILES string of the molecule is CN(C)C(=O)c1ccc(Nc2ncc(-c3ncn[nH]3)c(N[C@H](CO)c3ccccc3)n2)cc1. The molecular weight excluding hydrogens is 420 g/mol.